The Hall–Kier alpha value is -0.900. The highest BCUT2D eigenvalue weighted by Gasteiger charge is 2.24. The third-order valence-electron chi connectivity index (χ3n) is 4.27. The molecule has 0 saturated carbocycles. The highest BCUT2D eigenvalue weighted by molar-refractivity contribution is 5.14. The molecular weight excluding hydrogens is 246 g/mol. The molecule has 20 heavy (non-hydrogen) atoms. The second-order valence-corrected chi connectivity index (χ2v) is 6.25. The molecule has 3 nitrogen and oxygen atoms in total. The Morgan fingerprint density at radius 3 is 2.70 bits per heavy atom. The van der Waals surface area contributed by atoms with Crippen molar-refractivity contribution in [3.8, 4) is 0 Å². The lowest BCUT2D eigenvalue weighted by Crippen LogP contribution is -2.36. The zero-order valence-corrected chi connectivity index (χ0v) is 13.0. The summed E-state index contributed by atoms with van der Waals surface area (Å²) in [5.41, 5.74) is 7.07. The Labute approximate surface area is 123 Å². The van der Waals surface area contributed by atoms with Gasteiger partial charge in [0.1, 0.15) is 0 Å². The molecule has 112 valence electrons. The molecule has 0 aromatic heterocycles. The minimum Gasteiger partial charge on any atom is -0.329 e. The summed E-state index contributed by atoms with van der Waals surface area (Å²) in [6, 6.07) is 11.4. The highest BCUT2D eigenvalue weighted by Crippen LogP contribution is 2.19. The van der Waals surface area contributed by atoms with E-state index in [-0.39, 0.29) is 0 Å². The van der Waals surface area contributed by atoms with Gasteiger partial charge in [0.2, 0.25) is 0 Å². The van der Waals surface area contributed by atoms with Crippen LogP contribution in [-0.2, 0) is 6.54 Å². The lowest BCUT2D eigenvalue weighted by atomic mass is 10.1. The summed E-state index contributed by atoms with van der Waals surface area (Å²) in [5.74, 6) is 0.799. The molecule has 0 aliphatic carbocycles. The van der Waals surface area contributed by atoms with Crippen molar-refractivity contribution in [1.29, 1.82) is 0 Å². The fourth-order valence-corrected chi connectivity index (χ4v) is 3.06. The fraction of sp³-hybridized carbons (Fsp3) is 0.647. The summed E-state index contributed by atoms with van der Waals surface area (Å²) in [5, 5.41) is 0. The van der Waals surface area contributed by atoms with E-state index in [1.165, 1.54) is 31.6 Å². The number of hydrogen-bond donors (Lipinski definition) is 1. The standard InChI is InChI=1S/C17H29N3/c1-15(2)20(13-16-6-4-3-5-7-16)14-17-8-10-19(12-17)11-9-18/h3-7,15,17H,8-14,18H2,1-2H3. The van der Waals surface area contributed by atoms with Crippen LogP contribution in [0.3, 0.4) is 0 Å². The highest BCUT2D eigenvalue weighted by atomic mass is 15.2. The lowest BCUT2D eigenvalue weighted by Gasteiger charge is -2.29. The van der Waals surface area contributed by atoms with Gasteiger partial charge in [0.25, 0.3) is 0 Å². The molecule has 2 N–H and O–H groups in total. The van der Waals surface area contributed by atoms with E-state index in [1.807, 2.05) is 0 Å². The maximum Gasteiger partial charge on any atom is 0.0236 e. The molecule has 0 spiro atoms. The van der Waals surface area contributed by atoms with Gasteiger partial charge in [-0.2, -0.15) is 0 Å². The van der Waals surface area contributed by atoms with E-state index in [9.17, 15) is 0 Å². The molecule has 0 radical (unpaired) electrons. The zero-order valence-electron chi connectivity index (χ0n) is 13.0. The fourth-order valence-electron chi connectivity index (χ4n) is 3.06. The van der Waals surface area contributed by atoms with E-state index >= 15 is 0 Å². The molecule has 1 atom stereocenters. The van der Waals surface area contributed by atoms with E-state index in [0.717, 1.165) is 25.6 Å². The average molecular weight is 275 g/mol. The summed E-state index contributed by atoms with van der Waals surface area (Å²) in [6.07, 6.45) is 1.32. The lowest BCUT2D eigenvalue weighted by molar-refractivity contribution is 0.177. The quantitative estimate of drug-likeness (QED) is 0.828. The predicted octanol–water partition coefficient (Wildman–Crippen LogP) is 2.18. The first-order valence-electron chi connectivity index (χ1n) is 7.89. The van der Waals surface area contributed by atoms with Crippen LogP contribution in [0, 0.1) is 5.92 Å². The van der Waals surface area contributed by atoms with Crippen LogP contribution in [0.5, 0.6) is 0 Å². The van der Waals surface area contributed by atoms with Crippen molar-refractivity contribution in [3.63, 3.8) is 0 Å². The Kier molecular flexibility index (Phi) is 6.02. The number of benzene rings is 1. The first-order chi connectivity index (χ1) is 9.69. The number of nitrogens with zero attached hydrogens (tertiary/aromatic N) is 2. The normalized spacial score (nSPS) is 20.1. The first-order valence-corrected chi connectivity index (χ1v) is 7.89. The average Bonchev–Trinajstić information content (AvgIpc) is 2.87. The van der Waals surface area contributed by atoms with E-state index in [0.29, 0.717) is 6.04 Å². The van der Waals surface area contributed by atoms with Gasteiger partial charge in [-0.15, -0.1) is 0 Å². The number of rotatable bonds is 7. The molecule has 1 unspecified atom stereocenters. The van der Waals surface area contributed by atoms with E-state index in [1.54, 1.807) is 0 Å². The van der Waals surface area contributed by atoms with Crippen molar-refractivity contribution in [2.24, 2.45) is 11.7 Å². The largest absolute Gasteiger partial charge is 0.329 e. The molecule has 1 aliphatic rings. The van der Waals surface area contributed by atoms with Crippen molar-refractivity contribution < 1.29 is 0 Å². The van der Waals surface area contributed by atoms with Gasteiger partial charge in [-0.25, -0.2) is 0 Å². The Balaban J connectivity index is 1.87. The second kappa shape index (κ2) is 7.77. The van der Waals surface area contributed by atoms with Crippen LogP contribution < -0.4 is 5.73 Å². The molecule has 2 rings (SSSR count). The van der Waals surface area contributed by atoms with Crippen LogP contribution in [0.15, 0.2) is 30.3 Å². The number of likely N-dealkylation sites (tertiary alicyclic amines) is 1. The minimum absolute atomic E-state index is 0.596. The molecule has 0 bridgehead atoms. The van der Waals surface area contributed by atoms with Gasteiger partial charge < -0.3 is 10.6 Å². The number of nitrogens with two attached hydrogens (primary N) is 1. The van der Waals surface area contributed by atoms with Crippen LogP contribution in [0.1, 0.15) is 25.8 Å². The molecule has 1 heterocycles. The van der Waals surface area contributed by atoms with Gasteiger partial charge in [0.15, 0.2) is 0 Å². The molecule has 1 saturated heterocycles. The first kappa shape index (κ1) is 15.5. The zero-order chi connectivity index (χ0) is 14.4. The van der Waals surface area contributed by atoms with Gasteiger partial charge in [0.05, 0.1) is 0 Å². The van der Waals surface area contributed by atoms with E-state index < -0.39 is 0 Å². The number of hydrogen-bond acceptors (Lipinski definition) is 3. The molecular formula is C17H29N3. The Morgan fingerprint density at radius 1 is 1.30 bits per heavy atom. The molecule has 1 fully saturated rings. The van der Waals surface area contributed by atoms with E-state index in [4.69, 9.17) is 5.73 Å². The molecule has 1 aromatic rings. The van der Waals surface area contributed by atoms with Crippen molar-refractivity contribution in [3.05, 3.63) is 35.9 Å². The van der Waals surface area contributed by atoms with Crippen molar-refractivity contribution >= 4 is 0 Å². The maximum absolute atomic E-state index is 5.65. The summed E-state index contributed by atoms with van der Waals surface area (Å²) >= 11 is 0. The van der Waals surface area contributed by atoms with Gasteiger partial charge in [-0.1, -0.05) is 30.3 Å². The van der Waals surface area contributed by atoms with Crippen LogP contribution in [0.25, 0.3) is 0 Å². The minimum atomic E-state index is 0.596. The van der Waals surface area contributed by atoms with Crippen LogP contribution >= 0.6 is 0 Å². The van der Waals surface area contributed by atoms with Crippen molar-refractivity contribution in [2.45, 2.75) is 32.9 Å². The summed E-state index contributed by atoms with van der Waals surface area (Å²) in [6.45, 7) is 11.1. The molecule has 1 aliphatic heterocycles. The van der Waals surface area contributed by atoms with Crippen molar-refractivity contribution in [2.75, 3.05) is 32.7 Å². The van der Waals surface area contributed by atoms with Crippen LogP contribution in [0.2, 0.25) is 0 Å². The van der Waals surface area contributed by atoms with Gasteiger partial charge in [-0.3, -0.25) is 4.90 Å². The third kappa shape index (κ3) is 4.58. The molecule has 3 heteroatoms. The molecule has 0 amide bonds. The summed E-state index contributed by atoms with van der Waals surface area (Å²) in [4.78, 5) is 5.11. The third-order valence-corrected chi connectivity index (χ3v) is 4.27. The van der Waals surface area contributed by atoms with Gasteiger partial charge in [-0.05, 0) is 38.3 Å². The monoisotopic (exact) mass is 275 g/mol. The predicted molar refractivity (Wildman–Crippen MR) is 85.6 cm³/mol. The summed E-state index contributed by atoms with van der Waals surface area (Å²) < 4.78 is 0. The second-order valence-electron chi connectivity index (χ2n) is 6.25. The van der Waals surface area contributed by atoms with Crippen LogP contribution in [0.4, 0.5) is 0 Å². The van der Waals surface area contributed by atoms with Crippen molar-refractivity contribution in [1.82, 2.24) is 9.80 Å². The van der Waals surface area contributed by atoms with Gasteiger partial charge in [0, 0.05) is 38.8 Å². The van der Waals surface area contributed by atoms with Gasteiger partial charge >= 0.3 is 0 Å². The summed E-state index contributed by atoms with van der Waals surface area (Å²) in [7, 11) is 0. The van der Waals surface area contributed by atoms with E-state index in [2.05, 4.69) is 54.0 Å². The van der Waals surface area contributed by atoms with Crippen LogP contribution in [-0.4, -0.2) is 48.6 Å². The molecule has 1 aromatic carbocycles. The Morgan fingerprint density at radius 2 is 2.05 bits per heavy atom. The SMILES string of the molecule is CC(C)N(Cc1ccccc1)CC1CCN(CCN)C1. The topological polar surface area (TPSA) is 32.5 Å². The maximum atomic E-state index is 5.65. The smallest absolute Gasteiger partial charge is 0.0236 e. The Bertz CT molecular complexity index is 377.